The lowest BCUT2D eigenvalue weighted by Gasteiger charge is -2.12. The predicted molar refractivity (Wildman–Crippen MR) is 89.2 cm³/mol. The van der Waals surface area contributed by atoms with E-state index in [2.05, 4.69) is 31.4 Å². The van der Waals surface area contributed by atoms with Gasteiger partial charge in [0.25, 0.3) is 5.91 Å². The molecule has 0 fully saturated rings. The molecule has 6 heteroatoms. The molecule has 114 valence electrons. The Morgan fingerprint density at radius 1 is 1.41 bits per heavy atom. The van der Waals surface area contributed by atoms with Crippen LogP contribution in [0.2, 0.25) is 0 Å². The molecule has 0 saturated heterocycles. The van der Waals surface area contributed by atoms with Gasteiger partial charge in [-0.1, -0.05) is 15.9 Å². The number of hydrogen-bond donors (Lipinski definition) is 1. The summed E-state index contributed by atoms with van der Waals surface area (Å²) in [6.45, 7) is 3.90. The number of ether oxygens (including phenoxy) is 1. The Morgan fingerprint density at radius 3 is 2.91 bits per heavy atom. The fourth-order valence-electron chi connectivity index (χ4n) is 1.70. The molecule has 2 rings (SSSR count). The Balaban J connectivity index is 2.09. The maximum absolute atomic E-state index is 11.9. The first kappa shape index (κ1) is 16.2. The van der Waals surface area contributed by atoms with Crippen molar-refractivity contribution in [1.82, 2.24) is 10.4 Å². The highest BCUT2D eigenvalue weighted by atomic mass is 79.9. The molecule has 0 spiro atoms. The SMILES string of the molecule is CC(C)Oc1ccc(Br)cc1/C=N\NC(=O)c1cccnc1. The molecule has 0 aliphatic rings. The van der Waals surface area contributed by atoms with Crippen molar-refractivity contribution in [2.45, 2.75) is 20.0 Å². The minimum absolute atomic E-state index is 0.0540. The van der Waals surface area contributed by atoms with Crippen molar-refractivity contribution in [1.29, 1.82) is 0 Å². The molecule has 0 unspecified atom stereocenters. The molecule has 1 N–H and O–H groups in total. The number of carbonyl (C=O) groups excluding carboxylic acids is 1. The van der Waals surface area contributed by atoms with Gasteiger partial charge in [-0.25, -0.2) is 5.43 Å². The van der Waals surface area contributed by atoms with E-state index in [-0.39, 0.29) is 12.0 Å². The van der Waals surface area contributed by atoms with Crippen LogP contribution in [0.1, 0.15) is 29.8 Å². The molecule has 5 nitrogen and oxygen atoms in total. The summed E-state index contributed by atoms with van der Waals surface area (Å²) in [7, 11) is 0. The molecule has 2 aromatic rings. The van der Waals surface area contributed by atoms with Gasteiger partial charge >= 0.3 is 0 Å². The highest BCUT2D eigenvalue weighted by Gasteiger charge is 2.06. The first-order chi connectivity index (χ1) is 10.6. The predicted octanol–water partition coefficient (Wildman–Crippen LogP) is 3.40. The topological polar surface area (TPSA) is 63.6 Å². The number of benzene rings is 1. The monoisotopic (exact) mass is 361 g/mol. The van der Waals surface area contributed by atoms with Gasteiger partial charge in [0.1, 0.15) is 5.75 Å². The number of hydrazone groups is 1. The van der Waals surface area contributed by atoms with Gasteiger partial charge in [-0.3, -0.25) is 9.78 Å². The first-order valence-corrected chi connectivity index (χ1v) is 7.55. The summed E-state index contributed by atoms with van der Waals surface area (Å²) in [4.78, 5) is 15.8. The average Bonchev–Trinajstić information content (AvgIpc) is 2.50. The van der Waals surface area contributed by atoms with E-state index in [1.807, 2.05) is 32.0 Å². The Bertz CT molecular complexity index is 672. The Hall–Kier alpha value is -2.21. The van der Waals surface area contributed by atoms with Crippen LogP contribution in [-0.2, 0) is 0 Å². The zero-order valence-electron chi connectivity index (χ0n) is 12.3. The van der Waals surface area contributed by atoms with Gasteiger partial charge in [0.2, 0.25) is 0 Å². The molecule has 0 saturated carbocycles. The molecular weight excluding hydrogens is 346 g/mol. The lowest BCUT2D eigenvalue weighted by molar-refractivity contribution is 0.0954. The number of pyridine rings is 1. The summed E-state index contributed by atoms with van der Waals surface area (Å²) in [6.07, 6.45) is 4.70. The average molecular weight is 362 g/mol. The van der Waals surface area contributed by atoms with E-state index >= 15 is 0 Å². The van der Waals surface area contributed by atoms with E-state index in [1.165, 1.54) is 6.20 Å². The molecule has 0 aliphatic heterocycles. The fraction of sp³-hybridized carbons (Fsp3) is 0.188. The van der Waals surface area contributed by atoms with Crippen molar-refractivity contribution in [3.05, 3.63) is 58.3 Å². The van der Waals surface area contributed by atoms with Gasteiger partial charge in [-0.15, -0.1) is 0 Å². The third-order valence-corrected chi connectivity index (χ3v) is 3.12. The third-order valence-electron chi connectivity index (χ3n) is 2.63. The lowest BCUT2D eigenvalue weighted by Crippen LogP contribution is -2.17. The van der Waals surface area contributed by atoms with E-state index in [9.17, 15) is 4.79 Å². The van der Waals surface area contributed by atoms with Gasteiger partial charge < -0.3 is 4.74 Å². The van der Waals surface area contributed by atoms with Crippen molar-refractivity contribution in [2.75, 3.05) is 0 Å². The van der Waals surface area contributed by atoms with E-state index < -0.39 is 0 Å². The molecule has 1 aromatic heterocycles. The zero-order chi connectivity index (χ0) is 15.9. The number of aromatic nitrogens is 1. The maximum Gasteiger partial charge on any atom is 0.272 e. The molecular formula is C16H16BrN3O2. The van der Waals surface area contributed by atoms with Crippen LogP contribution in [0.3, 0.4) is 0 Å². The first-order valence-electron chi connectivity index (χ1n) is 6.76. The number of hydrogen-bond acceptors (Lipinski definition) is 4. The van der Waals surface area contributed by atoms with Crippen LogP contribution in [0.5, 0.6) is 5.75 Å². The molecule has 22 heavy (non-hydrogen) atoms. The smallest absolute Gasteiger partial charge is 0.272 e. The second-order valence-corrected chi connectivity index (χ2v) is 5.71. The van der Waals surface area contributed by atoms with Crippen LogP contribution in [-0.4, -0.2) is 23.2 Å². The summed E-state index contributed by atoms with van der Waals surface area (Å²) in [6, 6.07) is 8.99. The van der Waals surface area contributed by atoms with Gasteiger partial charge in [-0.05, 0) is 44.2 Å². The summed E-state index contributed by atoms with van der Waals surface area (Å²) in [5, 5.41) is 3.97. The quantitative estimate of drug-likeness (QED) is 0.655. The maximum atomic E-state index is 11.9. The van der Waals surface area contributed by atoms with E-state index in [0.29, 0.717) is 11.3 Å². The van der Waals surface area contributed by atoms with Crippen molar-refractivity contribution in [3.8, 4) is 5.75 Å². The van der Waals surface area contributed by atoms with Crippen LogP contribution in [0.15, 0.2) is 52.3 Å². The summed E-state index contributed by atoms with van der Waals surface area (Å²) >= 11 is 3.41. The molecule has 0 atom stereocenters. The largest absolute Gasteiger partial charge is 0.490 e. The number of halogens is 1. The summed E-state index contributed by atoms with van der Waals surface area (Å²) in [5.74, 6) is 0.392. The lowest BCUT2D eigenvalue weighted by atomic mass is 10.2. The van der Waals surface area contributed by atoms with Crippen LogP contribution < -0.4 is 10.2 Å². The minimum Gasteiger partial charge on any atom is -0.490 e. The number of amides is 1. The van der Waals surface area contributed by atoms with Crippen molar-refractivity contribution in [2.24, 2.45) is 5.10 Å². The van der Waals surface area contributed by atoms with Crippen molar-refractivity contribution < 1.29 is 9.53 Å². The third kappa shape index (κ3) is 4.66. The Labute approximate surface area is 137 Å². The second kappa shape index (κ2) is 7.70. The number of rotatable bonds is 5. The van der Waals surface area contributed by atoms with Gasteiger partial charge in [0, 0.05) is 22.4 Å². The van der Waals surface area contributed by atoms with Crippen molar-refractivity contribution in [3.63, 3.8) is 0 Å². The van der Waals surface area contributed by atoms with E-state index in [0.717, 1.165) is 10.0 Å². The normalized spacial score (nSPS) is 10.9. The summed E-state index contributed by atoms with van der Waals surface area (Å²) < 4.78 is 6.61. The second-order valence-electron chi connectivity index (χ2n) is 4.79. The van der Waals surface area contributed by atoms with Gasteiger partial charge in [0.05, 0.1) is 17.9 Å². The number of nitrogens with zero attached hydrogens (tertiary/aromatic N) is 2. The Morgan fingerprint density at radius 2 is 2.23 bits per heavy atom. The van der Waals surface area contributed by atoms with Gasteiger partial charge in [-0.2, -0.15) is 5.10 Å². The highest BCUT2D eigenvalue weighted by Crippen LogP contribution is 2.22. The van der Waals surface area contributed by atoms with Crippen LogP contribution in [0, 0.1) is 0 Å². The molecule has 1 aromatic carbocycles. The number of nitrogens with one attached hydrogen (secondary N) is 1. The van der Waals surface area contributed by atoms with Crippen LogP contribution in [0.4, 0.5) is 0 Å². The molecule has 1 amide bonds. The Kier molecular flexibility index (Phi) is 5.66. The minimum atomic E-state index is -0.314. The molecule has 0 aliphatic carbocycles. The van der Waals surface area contributed by atoms with Crippen LogP contribution >= 0.6 is 15.9 Å². The molecule has 0 bridgehead atoms. The van der Waals surface area contributed by atoms with E-state index in [1.54, 1.807) is 24.5 Å². The van der Waals surface area contributed by atoms with E-state index in [4.69, 9.17) is 4.74 Å². The molecule has 1 heterocycles. The zero-order valence-corrected chi connectivity index (χ0v) is 13.9. The molecule has 0 radical (unpaired) electrons. The van der Waals surface area contributed by atoms with Gasteiger partial charge in [0.15, 0.2) is 0 Å². The van der Waals surface area contributed by atoms with Crippen LogP contribution in [0.25, 0.3) is 0 Å². The highest BCUT2D eigenvalue weighted by molar-refractivity contribution is 9.10. The standard InChI is InChI=1S/C16H16BrN3O2/c1-11(2)22-15-6-5-14(17)8-13(15)10-19-20-16(21)12-4-3-7-18-9-12/h3-11H,1-2H3,(H,20,21)/b19-10-. The number of carbonyl (C=O) groups is 1. The summed E-state index contributed by atoms with van der Waals surface area (Å²) in [5.41, 5.74) is 3.69. The fourth-order valence-corrected chi connectivity index (χ4v) is 2.08. The van der Waals surface area contributed by atoms with Crippen molar-refractivity contribution >= 4 is 28.1 Å².